The van der Waals surface area contributed by atoms with Gasteiger partial charge in [-0.3, -0.25) is 0 Å². The number of benzene rings is 2. The van der Waals surface area contributed by atoms with Gasteiger partial charge in [0.2, 0.25) is 0 Å². The monoisotopic (exact) mass is 272 g/mol. The van der Waals surface area contributed by atoms with Crippen LogP contribution in [0.25, 0.3) is 11.1 Å². The summed E-state index contributed by atoms with van der Waals surface area (Å²) < 4.78 is 19.0. The van der Waals surface area contributed by atoms with Gasteiger partial charge in [-0.15, -0.1) is 0 Å². The van der Waals surface area contributed by atoms with E-state index in [1.54, 1.807) is 13.2 Å². The first kappa shape index (κ1) is 14.6. The van der Waals surface area contributed by atoms with Crippen molar-refractivity contribution in [2.75, 3.05) is 7.11 Å². The SMILES string of the molecule is COc1c(C)cc(-c2cc(F)ccc2C(C)C)cc1C. The molecule has 2 heteroatoms. The highest BCUT2D eigenvalue weighted by Crippen LogP contribution is 2.34. The lowest BCUT2D eigenvalue weighted by atomic mass is 9.91. The van der Waals surface area contributed by atoms with Gasteiger partial charge in [-0.2, -0.15) is 0 Å². The van der Waals surface area contributed by atoms with Crippen molar-refractivity contribution in [3.8, 4) is 16.9 Å². The first-order valence-electron chi connectivity index (χ1n) is 6.89. The fourth-order valence-electron chi connectivity index (χ4n) is 2.71. The highest BCUT2D eigenvalue weighted by molar-refractivity contribution is 5.71. The summed E-state index contributed by atoms with van der Waals surface area (Å²) in [5.74, 6) is 1.06. The zero-order valence-corrected chi connectivity index (χ0v) is 12.8. The fraction of sp³-hybridized carbons (Fsp3) is 0.333. The molecule has 0 spiro atoms. The number of hydrogen-bond acceptors (Lipinski definition) is 1. The Labute approximate surface area is 120 Å². The van der Waals surface area contributed by atoms with E-state index < -0.39 is 0 Å². The lowest BCUT2D eigenvalue weighted by molar-refractivity contribution is 0.408. The predicted molar refractivity (Wildman–Crippen MR) is 82.0 cm³/mol. The molecule has 0 bridgehead atoms. The van der Waals surface area contributed by atoms with Crippen molar-refractivity contribution in [3.05, 3.63) is 52.8 Å². The third kappa shape index (κ3) is 2.69. The first-order chi connectivity index (χ1) is 9.43. The second kappa shape index (κ2) is 5.66. The van der Waals surface area contributed by atoms with Crippen molar-refractivity contribution in [1.29, 1.82) is 0 Å². The lowest BCUT2D eigenvalue weighted by Gasteiger charge is -2.16. The molecule has 0 radical (unpaired) electrons. The van der Waals surface area contributed by atoms with Crippen LogP contribution >= 0.6 is 0 Å². The molecule has 0 fully saturated rings. The smallest absolute Gasteiger partial charge is 0.124 e. The topological polar surface area (TPSA) is 9.23 Å². The molecule has 2 rings (SSSR count). The van der Waals surface area contributed by atoms with Crippen molar-refractivity contribution in [1.82, 2.24) is 0 Å². The van der Waals surface area contributed by atoms with Gasteiger partial charge in [0.25, 0.3) is 0 Å². The number of halogens is 1. The van der Waals surface area contributed by atoms with Crippen LogP contribution in [0.2, 0.25) is 0 Å². The van der Waals surface area contributed by atoms with Crippen molar-refractivity contribution in [2.24, 2.45) is 0 Å². The van der Waals surface area contributed by atoms with E-state index >= 15 is 0 Å². The first-order valence-corrected chi connectivity index (χ1v) is 6.89. The molecule has 0 aliphatic rings. The number of aryl methyl sites for hydroxylation is 2. The van der Waals surface area contributed by atoms with Crippen molar-refractivity contribution < 1.29 is 9.13 Å². The Kier molecular flexibility index (Phi) is 4.12. The van der Waals surface area contributed by atoms with E-state index in [0.29, 0.717) is 5.92 Å². The molecule has 0 amide bonds. The summed E-state index contributed by atoms with van der Waals surface area (Å²) in [6, 6.07) is 9.15. The summed E-state index contributed by atoms with van der Waals surface area (Å²) in [5.41, 5.74) is 5.32. The third-order valence-electron chi connectivity index (χ3n) is 3.61. The molecule has 106 valence electrons. The zero-order chi connectivity index (χ0) is 14.9. The molecule has 0 aliphatic carbocycles. The van der Waals surface area contributed by atoms with Crippen molar-refractivity contribution >= 4 is 0 Å². The molecule has 1 nitrogen and oxygen atoms in total. The highest BCUT2D eigenvalue weighted by Gasteiger charge is 2.13. The molecule has 0 saturated heterocycles. The Morgan fingerprint density at radius 2 is 1.60 bits per heavy atom. The van der Waals surface area contributed by atoms with Gasteiger partial charge in [0, 0.05) is 0 Å². The normalized spacial score (nSPS) is 10.9. The van der Waals surface area contributed by atoms with Crippen molar-refractivity contribution in [3.63, 3.8) is 0 Å². The van der Waals surface area contributed by atoms with Crippen LogP contribution < -0.4 is 4.74 Å². The van der Waals surface area contributed by atoms with Gasteiger partial charge in [0.1, 0.15) is 11.6 Å². The Bertz CT molecular complexity index is 606. The van der Waals surface area contributed by atoms with Crippen LogP contribution in [0.5, 0.6) is 5.75 Å². The minimum Gasteiger partial charge on any atom is -0.496 e. The van der Waals surface area contributed by atoms with E-state index in [1.807, 2.05) is 19.9 Å². The highest BCUT2D eigenvalue weighted by atomic mass is 19.1. The van der Waals surface area contributed by atoms with E-state index in [1.165, 1.54) is 6.07 Å². The van der Waals surface area contributed by atoms with Crippen LogP contribution in [0.3, 0.4) is 0 Å². The molecule has 0 heterocycles. The summed E-state index contributed by atoms with van der Waals surface area (Å²) in [5, 5.41) is 0. The van der Waals surface area contributed by atoms with Gasteiger partial charge in [-0.05, 0) is 71.8 Å². The zero-order valence-electron chi connectivity index (χ0n) is 12.8. The summed E-state index contributed by atoms with van der Waals surface area (Å²) in [4.78, 5) is 0. The molecule has 0 atom stereocenters. The molecule has 20 heavy (non-hydrogen) atoms. The van der Waals surface area contributed by atoms with Crippen LogP contribution in [0.15, 0.2) is 30.3 Å². The van der Waals surface area contributed by atoms with Gasteiger partial charge >= 0.3 is 0 Å². The average Bonchev–Trinajstić information content (AvgIpc) is 2.37. The third-order valence-corrected chi connectivity index (χ3v) is 3.61. The number of hydrogen-bond donors (Lipinski definition) is 0. The molecule has 0 aromatic heterocycles. The lowest BCUT2D eigenvalue weighted by Crippen LogP contribution is -1.96. The predicted octanol–water partition coefficient (Wildman–Crippen LogP) is 5.24. The van der Waals surface area contributed by atoms with Gasteiger partial charge in [-0.1, -0.05) is 19.9 Å². The Morgan fingerprint density at radius 1 is 1.00 bits per heavy atom. The quantitative estimate of drug-likeness (QED) is 0.742. The number of rotatable bonds is 3. The molecular formula is C18H21FO. The van der Waals surface area contributed by atoms with Crippen LogP contribution in [0.1, 0.15) is 36.5 Å². The molecule has 0 N–H and O–H groups in total. The molecule has 2 aromatic carbocycles. The van der Waals surface area contributed by atoms with Gasteiger partial charge in [0.15, 0.2) is 0 Å². The maximum atomic E-state index is 13.6. The minimum absolute atomic E-state index is 0.199. The second-order valence-corrected chi connectivity index (χ2v) is 5.53. The minimum atomic E-state index is -0.199. The van der Waals surface area contributed by atoms with Gasteiger partial charge in [0.05, 0.1) is 7.11 Å². The Balaban J connectivity index is 2.65. The maximum absolute atomic E-state index is 13.6. The summed E-state index contributed by atoms with van der Waals surface area (Å²) in [6.07, 6.45) is 0. The van der Waals surface area contributed by atoms with Crippen LogP contribution in [0, 0.1) is 19.7 Å². The Hall–Kier alpha value is -1.83. The largest absolute Gasteiger partial charge is 0.496 e. The molecule has 2 aromatic rings. The van der Waals surface area contributed by atoms with Crippen LogP contribution in [-0.2, 0) is 0 Å². The average molecular weight is 272 g/mol. The Morgan fingerprint density at radius 3 is 2.10 bits per heavy atom. The number of ether oxygens (including phenoxy) is 1. The van der Waals surface area contributed by atoms with E-state index in [-0.39, 0.29) is 5.82 Å². The van der Waals surface area contributed by atoms with Crippen LogP contribution in [0.4, 0.5) is 4.39 Å². The molecule has 0 aliphatic heterocycles. The molecular weight excluding hydrogens is 251 g/mol. The maximum Gasteiger partial charge on any atom is 0.124 e. The molecule has 0 unspecified atom stereocenters. The van der Waals surface area contributed by atoms with E-state index in [2.05, 4.69) is 26.0 Å². The van der Waals surface area contributed by atoms with Crippen molar-refractivity contribution in [2.45, 2.75) is 33.6 Å². The second-order valence-electron chi connectivity index (χ2n) is 5.53. The van der Waals surface area contributed by atoms with E-state index in [9.17, 15) is 4.39 Å². The van der Waals surface area contributed by atoms with Gasteiger partial charge < -0.3 is 4.74 Å². The van der Waals surface area contributed by atoms with E-state index in [4.69, 9.17) is 4.74 Å². The summed E-state index contributed by atoms with van der Waals surface area (Å²) >= 11 is 0. The van der Waals surface area contributed by atoms with Gasteiger partial charge in [-0.25, -0.2) is 4.39 Å². The summed E-state index contributed by atoms with van der Waals surface area (Å²) in [6.45, 7) is 8.29. The molecule has 0 saturated carbocycles. The fourth-order valence-corrected chi connectivity index (χ4v) is 2.71. The standard InChI is InChI=1S/C18H21FO/c1-11(2)16-7-6-15(19)10-17(16)14-8-12(3)18(20-5)13(4)9-14/h6-11H,1-5H3. The summed E-state index contributed by atoms with van der Waals surface area (Å²) in [7, 11) is 1.68. The van der Waals surface area contributed by atoms with E-state index in [0.717, 1.165) is 33.6 Å². The number of methoxy groups -OCH3 is 1. The van der Waals surface area contributed by atoms with Crippen LogP contribution in [-0.4, -0.2) is 7.11 Å².